The van der Waals surface area contributed by atoms with Crippen LogP contribution < -0.4 is 10.6 Å². The van der Waals surface area contributed by atoms with Gasteiger partial charge in [0.1, 0.15) is 16.4 Å². The molecular formula is C27H42Cl2N4O5S2. The first-order valence-electron chi connectivity index (χ1n) is 13.0. The van der Waals surface area contributed by atoms with Crippen LogP contribution in [-0.2, 0) is 19.0 Å². The standard InChI is InChI=1S/C15H30N2O4.C10H6Cl2N2OS.C2H6S/c1-15(2,3)21-14(18)16-6-10-19-12-13-20-11-9-17-7-4-5-8-17;11-7-2-1-6(3-8(7)12)10-14-9(4-16-10)13-5-15;1-3-2/h4-13H2,1-3H3,(H,16,18);1-5H,(H,13,15);1-2H3. The molecule has 13 heteroatoms. The van der Waals surface area contributed by atoms with Crippen LogP contribution in [0.2, 0.25) is 10.0 Å². The number of ether oxygens (including phenoxy) is 3. The van der Waals surface area contributed by atoms with Gasteiger partial charge in [-0.1, -0.05) is 29.3 Å². The summed E-state index contributed by atoms with van der Waals surface area (Å²) in [5.74, 6) is 0.529. The number of halogens is 2. The predicted molar refractivity (Wildman–Crippen MR) is 168 cm³/mol. The fraction of sp³-hybridized carbons (Fsp3) is 0.593. The first-order chi connectivity index (χ1) is 19.1. The molecule has 2 N–H and O–H groups in total. The largest absolute Gasteiger partial charge is 0.444 e. The first kappa shape index (κ1) is 36.4. The summed E-state index contributed by atoms with van der Waals surface area (Å²) in [6.45, 7) is 11.8. The van der Waals surface area contributed by atoms with E-state index in [1.807, 2.05) is 39.3 Å². The number of hydrogen-bond acceptors (Lipinski definition) is 9. The van der Waals surface area contributed by atoms with Crippen molar-refractivity contribution in [2.75, 3.05) is 70.4 Å². The van der Waals surface area contributed by atoms with Gasteiger partial charge in [0, 0.05) is 24.0 Å². The minimum Gasteiger partial charge on any atom is -0.444 e. The number of alkyl carbamates (subject to hydrolysis) is 1. The number of thiazole rings is 1. The molecule has 0 saturated carbocycles. The van der Waals surface area contributed by atoms with E-state index in [0.717, 1.165) is 23.7 Å². The summed E-state index contributed by atoms with van der Waals surface area (Å²) < 4.78 is 16.0. The summed E-state index contributed by atoms with van der Waals surface area (Å²) >= 11 is 14.9. The number of anilines is 1. The monoisotopic (exact) mass is 636 g/mol. The highest BCUT2D eigenvalue weighted by Gasteiger charge is 2.15. The lowest BCUT2D eigenvalue weighted by atomic mass is 10.2. The molecule has 0 unspecified atom stereocenters. The van der Waals surface area contributed by atoms with Crippen LogP contribution in [0.3, 0.4) is 0 Å². The van der Waals surface area contributed by atoms with Crippen LogP contribution in [0.1, 0.15) is 33.6 Å². The molecule has 0 spiro atoms. The molecule has 1 aliphatic heterocycles. The summed E-state index contributed by atoms with van der Waals surface area (Å²) in [5, 5.41) is 8.66. The summed E-state index contributed by atoms with van der Waals surface area (Å²) in [6.07, 6.45) is 6.89. The lowest BCUT2D eigenvalue weighted by Gasteiger charge is -2.19. The van der Waals surface area contributed by atoms with E-state index in [0.29, 0.717) is 48.6 Å². The van der Waals surface area contributed by atoms with Crippen LogP contribution in [0.25, 0.3) is 10.6 Å². The van der Waals surface area contributed by atoms with Gasteiger partial charge >= 0.3 is 6.09 Å². The SMILES string of the molecule is CC(C)(C)OC(=O)NCCOCCOCCN1CCCC1.CSC.O=CNc1csc(-c2ccc(Cl)c(Cl)c2)n1. The highest BCUT2D eigenvalue weighted by atomic mass is 35.5. The maximum atomic E-state index is 11.3. The summed E-state index contributed by atoms with van der Waals surface area (Å²) in [4.78, 5) is 28.2. The van der Waals surface area contributed by atoms with E-state index in [4.69, 9.17) is 37.4 Å². The molecule has 1 aromatic carbocycles. The van der Waals surface area contributed by atoms with Gasteiger partial charge in [-0.15, -0.1) is 11.3 Å². The van der Waals surface area contributed by atoms with Gasteiger partial charge in [-0.2, -0.15) is 11.8 Å². The Morgan fingerprint density at radius 1 is 1.10 bits per heavy atom. The average molecular weight is 638 g/mol. The number of aromatic nitrogens is 1. The first-order valence-corrected chi connectivity index (χ1v) is 16.2. The molecule has 1 aromatic heterocycles. The van der Waals surface area contributed by atoms with E-state index < -0.39 is 11.7 Å². The molecule has 3 rings (SSSR count). The van der Waals surface area contributed by atoms with E-state index in [-0.39, 0.29) is 0 Å². The zero-order chi connectivity index (χ0) is 29.8. The predicted octanol–water partition coefficient (Wildman–Crippen LogP) is 6.30. The molecule has 9 nitrogen and oxygen atoms in total. The topological polar surface area (TPSA) is 102 Å². The summed E-state index contributed by atoms with van der Waals surface area (Å²) in [5.41, 5.74) is 0.409. The number of amides is 2. The Hall–Kier alpha value is -1.60. The highest BCUT2D eigenvalue weighted by Crippen LogP contribution is 2.31. The fourth-order valence-electron chi connectivity index (χ4n) is 3.22. The van der Waals surface area contributed by atoms with Crippen LogP contribution in [-0.4, -0.2) is 93.1 Å². The third-order valence-corrected chi connectivity index (χ3v) is 6.55. The number of likely N-dealkylation sites (tertiary alicyclic amines) is 1. The molecule has 0 atom stereocenters. The van der Waals surface area contributed by atoms with Gasteiger partial charge in [-0.05, 0) is 71.3 Å². The molecule has 1 saturated heterocycles. The quantitative estimate of drug-likeness (QED) is 0.207. The Balaban J connectivity index is 0.000000374. The normalized spacial score (nSPS) is 13.0. The molecular weight excluding hydrogens is 595 g/mol. The second-order valence-corrected chi connectivity index (χ2v) is 12.0. The van der Waals surface area contributed by atoms with E-state index in [2.05, 4.69) is 20.5 Å². The Morgan fingerprint density at radius 2 is 1.75 bits per heavy atom. The summed E-state index contributed by atoms with van der Waals surface area (Å²) in [7, 11) is 0. The van der Waals surface area contributed by atoms with Crippen molar-refractivity contribution in [2.24, 2.45) is 0 Å². The van der Waals surface area contributed by atoms with Crippen molar-refractivity contribution in [3.63, 3.8) is 0 Å². The van der Waals surface area contributed by atoms with E-state index in [1.54, 1.807) is 29.3 Å². The van der Waals surface area contributed by atoms with Crippen LogP contribution >= 0.6 is 46.3 Å². The minimum absolute atomic E-state index is 0.409. The number of carbonyl (C=O) groups is 2. The van der Waals surface area contributed by atoms with Gasteiger partial charge in [-0.25, -0.2) is 9.78 Å². The molecule has 0 radical (unpaired) electrons. The molecule has 1 fully saturated rings. The van der Waals surface area contributed by atoms with Crippen molar-refractivity contribution in [2.45, 2.75) is 39.2 Å². The summed E-state index contributed by atoms with van der Waals surface area (Å²) in [6, 6.07) is 5.29. The van der Waals surface area contributed by atoms with Gasteiger partial charge in [0.25, 0.3) is 0 Å². The zero-order valence-electron chi connectivity index (χ0n) is 24.0. The molecule has 0 aliphatic carbocycles. The number of hydrogen-bond donors (Lipinski definition) is 2. The van der Waals surface area contributed by atoms with Crippen LogP contribution in [0.5, 0.6) is 0 Å². The molecule has 226 valence electrons. The van der Waals surface area contributed by atoms with E-state index >= 15 is 0 Å². The van der Waals surface area contributed by atoms with Crippen LogP contribution in [0.4, 0.5) is 10.6 Å². The Kier molecular flexibility index (Phi) is 19.3. The minimum atomic E-state index is -0.464. The van der Waals surface area contributed by atoms with Crippen molar-refractivity contribution in [1.29, 1.82) is 0 Å². The van der Waals surface area contributed by atoms with Crippen LogP contribution in [0, 0.1) is 0 Å². The lowest BCUT2D eigenvalue weighted by molar-refractivity contribution is -0.105. The van der Waals surface area contributed by atoms with Crippen molar-refractivity contribution in [3.05, 3.63) is 33.6 Å². The maximum absolute atomic E-state index is 11.3. The average Bonchev–Trinajstić information content (AvgIpc) is 3.57. The smallest absolute Gasteiger partial charge is 0.407 e. The molecule has 2 aromatic rings. The highest BCUT2D eigenvalue weighted by molar-refractivity contribution is 7.97. The third kappa shape index (κ3) is 17.3. The van der Waals surface area contributed by atoms with E-state index in [9.17, 15) is 9.59 Å². The number of nitrogens with zero attached hydrogens (tertiary/aromatic N) is 2. The molecule has 2 heterocycles. The van der Waals surface area contributed by atoms with E-state index in [1.165, 1.54) is 37.3 Å². The van der Waals surface area contributed by atoms with Gasteiger partial charge < -0.3 is 29.7 Å². The molecule has 0 bridgehead atoms. The lowest BCUT2D eigenvalue weighted by Crippen LogP contribution is -2.34. The van der Waals surface area contributed by atoms with Gasteiger partial charge in [0.2, 0.25) is 6.41 Å². The van der Waals surface area contributed by atoms with Crippen LogP contribution in [0.15, 0.2) is 23.6 Å². The Bertz CT molecular complexity index is 986. The number of carbonyl (C=O) groups excluding carboxylic acids is 2. The number of thioether (sulfide) groups is 1. The van der Waals surface area contributed by atoms with Gasteiger partial charge in [0.15, 0.2) is 0 Å². The van der Waals surface area contributed by atoms with Gasteiger partial charge in [0.05, 0.1) is 36.5 Å². The number of nitrogens with one attached hydrogen (secondary N) is 2. The second-order valence-electron chi connectivity index (χ2n) is 9.54. The van der Waals surface area contributed by atoms with Crippen molar-refractivity contribution >= 4 is 64.6 Å². The Morgan fingerprint density at radius 3 is 2.35 bits per heavy atom. The number of benzene rings is 1. The van der Waals surface area contributed by atoms with Crippen molar-refractivity contribution in [3.8, 4) is 10.6 Å². The second kappa shape index (κ2) is 21.2. The zero-order valence-corrected chi connectivity index (χ0v) is 27.1. The van der Waals surface area contributed by atoms with Crippen molar-refractivity contribution < 1.29 is 23.8 Å². The number of rotatable bonds is 12. The third-order valence-electron chi connectivity index (χ3n) is 4.91. The molecule has 40 heavy (non-hydrogen) atoms. The molecule has 1 aliphatic rings. The maximum Gasteiger partial charge on any atom is 0.407 e. The molecule has 2 amide bonds. The fourth-order valence-corrected chi connectivity index (χ4v) is 4.28. The van der Waals surface area contributed by atoms with Gasteiger partial charge in [-0.3, -0.25) is 4.79 Å². The van der Waals surface area contributed by atoms with Crippen molar-refractivity contribution in [1.82, 2.24) is 15.2 Å². The Labute approximate surface area is 256 Å².